The van der Waals surface area contributed by atoms with Crippen LogP contribution in [0.4, 0.5) is 10.9 Å². The zero-order chi connectivity index (χ0) is 31.7. The quantitative estimate of drug-likeness (QED) is 0.148. The van der Waals surface area contributed by atoms with Crippen molar-refractivity contribution in [3.8, 4) is 0 Å². The van der Waals surface area contributed by atoms with Crippen molar-refractivity contribution in [2.24, 2.45) is 0 Å². The van der Waals surface area contributed by atoms with E-state index in [9.17, 15) is 9.59 Å². The Kier molecular flexibility index (Phi) is 10.3. The molecule has 0 unspecified atom stereocenters. The molecule has 238 valence electrons. The maximum atomic E-state index is 13.1. The highest BCUT2D eigenvalue weighted by Gasteiger charge is 2.23. The highest BCUT2D eigenvalue weighted by Crippen LogP contribution is 2.19. The number of hydrogen-bond acceptors (Lipinski definition) is 9. The number of carbonyl (C=O) groups excluding carboxylic acids is 2. The number of aryl methyl sites for hydroxylation is 3. The van der Waals surface area contributed by atoms with E-state index >= 15 is 0 Å². The molecule has 12 nitrogen and oxygen atoms in total. The Hall–Kier alpha value is -4.59. The highest BCUT2D eigenvalue weighted by molar-refractivity contribution is 7.15. The summed E-state index contributed by atoms with van der Waals surface area (Å²) in [6, 6.07) is 19.7. The van der Waals surface area contributed by atoms with E-state index in [1.54, 1.807) is 6.07 Å². The third-order valence-electron chi connectivity index (χ3n) is 7.78. The lowest BCUT2D eigenvalue weighted by Crippen LogP contribution is -2.53. The zero-order valence-electron chi connectivity index (χ0n) is 25.9. The molecule has 3 aromatic heterocycles. The number of morpholine rings is 1. The number of hydrogen-bond donors (Lipinski definition) is 2. The van der Waals surface area contributed by atoms with Gasteiger partial charge in [0, 0.05) is 19.5 Å². The number of benzene rings is 2. The molecule has 0 saturated carbocycles. The van der Waals surface area contributed by atoms with Crippen molar-refractivity contribution in [3.63, 3.8) is 0 Å². The fraction of sp³-hybridized carbons (Fsp3) is 0.364. The maximum absolute atomic E-state index is 13.1. The fourth-order valence-electron chi connectivity index (χ4n) is 5.48. The minimum atomic E-state index is -0.145. The van der Waals surface area contributed by atoms with Gasteiger partial charge < -0.3 is 10.1 Å². The number of unbranched alkanes of at least 4 members (excludes halogenated alkanes) is 1. The summed E-state index contributed by atoms with van der Waals surface area (Å²) >= 11 is 1.40. The van der Waals surface area contributed by atoms with Crippen molar-refractivity contribution in [2.45, 2.75) is 52.2 Å². The summed E-state index contributed by atoms with van der Waals surface area (Å²) in [5.41, 5.74) is 3.96. The molecule has 2 N–H and O–H groups in total. The van der Waals surface area contributed by atoms with E-state index < -0.39 is 0 Å². The second-order valence-corrected chi connectivity index (χ2v) is 12.5. The maximum Gasteiger partial charge on any atom is 0.251 e. The van der Waals surface area contributed by atoms with Gasteiger partial charge in [-0.05, 0) is 56.0 Å². The Balaban J connectivity index is 0.946. The van der Waals surface area contributed by atoms with E-state index in [-0.39, 0.29) is 18.4 Å². The number of nitrogens with zero attached hydrogens (tertiary/aromatic N) is 7. The first-order chi connectivity index (χ1) is 22.5. The van der Waals surface area contributed by atoms with Gasteiger partial charge in [0.05, 0.1) is 30.7 Å². The first-order valence-electron chi connectivity index (χ1n) is 15.6. The van der Waals surface area contributed by atoms with Crippen molar-refractivity contribution in [1.29, 1.82) is 0 Å². The zero-order valence-corrected chi connectivity index (χ0v) is 26.7. The molecule has 46 heavy (non-hydrogen) atoms. The molecule has 0 atom stereocenters. The molecule has 0 bridgehead atoms. The lowest BCUT2D eigenvalue weighted by Gasteiger charge is -2.23. The van der Waals surface area contributed by atoms with Gasteiger partial charge in [0.2, 0.25) is 23.9 Å². The molecule has 13 heteroatoms. The summed E-state index contributed by atoms with van der Waals surface area (Å²) in [6.07, 6.45) is 5.71. The van der Waals surface area contributed by atoms with E-state index in [4.69, 9.17) is 4.74 Å². The first-order valence-corrected chi connectivity index (χ1v) is 16.4. The van der Waals surface area contributed by atoms with Gasteiger partial charge in [0.25, 0.3) is 5.91 Å². The van der Waals surface area contributed by atoms with Crippen LogP contribution >= 0.6 is 11.3 Å². The molecule has 1 aliphatic rings. The van der Waals surface area contributed by atoms with Crippen molar-refractivity contribution < 1.29 is 19.0 Å². The monoisotopic (exact) mass is 640 g/mol. The summed E-state index contributed by atoms with van der Waals surface area (Å²) in [5, 5.41) is 25.2. The first kappa shape index (κ1) is 31.4. The second kappa shape index (κ2) is 15.1. The van der Waals surface area contributed by atoms with Crippen molar-refractivity contribution in [1.82, 2.24) is 30.0 Å². The third-order valence-corrected chi connectivity index (χ3v) is 8.67. The van der Waals surface area contributed by atoms with Crippen LogP contribution < -0.4 is 15.3 Å². The van der Waals surface area contributed by atoms with Crippen LogP contribution in [0, 0.1) is 6.92 Å². The van der Waals surface area contributed by atoms with Crippen molar-refractivity contribution in [3.05, 3.63) is 88.7 Å². The van der Waals surface area contributed by atoms with Gasteiger partial charge in [-0.15, -0.1) is 20.0 Å². The molecule has 1 fully saturated rings. The molecule has 1 aliphatic heterocycles. The third kappa shape index (κ3) is 8.56. The lowest BCUT2D eigenvalue weighted by atomic mass is 10.1. The molecule has 6 rings (SSSR count). The summed E-state index contributed by atoms with van der Waals surface area (Å²) in [7, 11) is 0. The number of fused-ring (bicyclic) bond motifs is 1. The number of nitrogens with one attached hydrogen (secondary N) is 2. The van der Waals surface area contributed by atoms with E-state index in [0.29, 0.717) is 24.0 Å². The predicted molar refractivity (Wildman–Crippen MR) is 175 cm³/mol. The average Bonchev–Trinajstić information content (AvgIpc) is 3.64. The number of amides is 2. The Morgan fingerprint density at radius 3 is 2.59 bits per heavy atom. The van der Waals surface area contributed by atoms with Gasteiger partial charge >= 0.3 is 0 Å². The van der Waals surface area contributed by atoms with Gasteiger partial charge in [0.15, 0.2) is 12.4 Å². The van der Waals surface area contributed by atoms with Gasteiger partial charge in [-0.25, -0.2) is 4.90 Å². The minimum Gasteiger partial charge on any atom is -0.379 e. The van der Waals surface area contributed by atoms with Crippen LogP contribution in [0.15, 0.2) is 66.9 Å². The topological polar surface area (TPSA) is 131 Å². The Morgan fingerprint density at radius 1 is 0.913 bits per heavy atom. The normalized spacial score (nSPS) is 13.6. The predicted octanol–water partition coefficient (Wildman–Crippen LogP) is 3.55. The van der Waals surface area contributed by atoms with E-state index in [2.05, 4.69) is 52.9 Å². The van der Waals surface area contributed by atoms with Gasteiger partial charge in [-0.2, -0.15) is 5.10 Å². The summed E-state index contributed by atoms with van der Waals surface area (Å²) < 4.78 is 9.60. The van der Waals surface area contributed by atoms with Crippen LogP contribution in [0.1, 0.15) is 34.7 Å². The summed E-state index contributed by atoms with van der Waals surface area (Å²) in [5.74, 6) is 0.181. The molecule has 0 spiro atoms. The number of rotatable bonds is 13. The van der Waals surface area contributed by atoms with Crippen LogP contribution in [-0.2, 0) is 46.8 Å². The number of para-hydroxylation sites is 1. The SMILES string of the molecule is Cc1cccc(CC(=O)Nc2ccc(CCCCc3nnc(NC(=O)Cn4c5ccccc5c[n+]4CN4CCOCC4)s3)nn2)c1. The van der Waals surface area contributed by atoms with Gasteiger partial charge in [-0.3, -0.25) is 14.9 Å². The largest absolute Gasteiger partial charge is 0.379 e. The van der Waals surface area contributed by atoms with Crippen LogP contribution in [0.2, 0.25) is 0 Å². The van der Waals surface area contributed by atoms with E-state index in [1.165, 1.54) is 11.3 Å². The molecular weight excluding hydrogens is 602 g/mol. The highest BCUT2D eigenvalue weighted by atomic mass is 32.1. The Morgan fingerprint density at radius 2 is 1.76 bits per heavy atom. The van der Waals surface area contributed by atoms with Crippen LogP contribution in [-0.4, -0.2) is 68.1 Å². The fourth-order valence-corrected chi connectivity index (χ4v) is 6.28. The molecule has 0 radical (unpaired) electrons. The van der Waals surface area contributed by atoms with Crippen LogP contribution in [0.5, 0.6) is 0 Å². The molecule has 0 aliphatic carbocycles. The molecular formula is C33H38N9O3S+. The summed E-state index contributed by atoms with van der Waals surface area (Å²) in [4.78, 5) is 27.8. The second-order valence-electron chi connectivity index (χ2n) is 11.4. The number of carbonyl (C=O) groups is 2. The minimum absolute atomic E-state index is 0.120. The summed E-state index contributed by atoms with van der Waals surface area (Å²) in [6.45, 7) is 6.04. The standard InChI is InChI=1S/C33H37N9O3S/c1-24-7-6-8-25(19-24)20-30(43)34-29-14-13-27(36-37-29)10-3-5-12-32-38-39-33(46-32)35-31(44)22-42-28-11-4-2-9-26(28)21-41(42)23-40-15-17-45-18-16-40/h2,4,6-9,11,13-14,19,21H,3,5,10,12,15-18,20,22-23H2,1H3,(H-,34,35,37,39,43,44)/p+1. The molecule has 5 aromatic rings. The number of anilines is 2. The average molecular weight is 641 g/mol. The van der Waals surface area contributed by atoms with Gasteiger partial charge in [0.1, 0.15) is 10.5 Å². The smallest absolute Gasteiger partial charge is 0.251 e. The van der Waals surface area contributed by atoms with Crippen molar-refractivity contribution in [2.75, 3.05) is 36.9 Å². The van der Waals surface area contributed by atoms with E-state index in [1.807, 2.05) is 60.1 Å². The number of aromatic nitrogens is 6. The Labute approximate surface area is 271 Å². The number of ether oxygens (including phenoxy) is 1. The lowest BCUT2D eigenvalue weighted by molar-refractivity contribution is -0.787. The molecule has 2 aromatic carbocycles. The van der Waals surface area contributed by atoms with Crippen LogP contribution in [0.3, 0.4) is 0 Å². The molecule has 4 heterocycles. The van der Waals surface area contributed by atoms with Crippen LogP contribution in [0.25, 0.3) is 10.9 Å². The van der Waals surface area contributed by atoms with Crippen molar-refractivity contribution >= 4 is 45.0 Å². The van der Waals surface area contributed by atoms with E-state index in [0.717, 1.165) is 84.7 Å². The van der Waals surface area contributed by atoms with Gasteiger partial charge in [-0.1, -0.05) is 58.0 Å². The molecule has 1 saturated heterocycles. The molecule has 2 amide bonds. The Bertz CT molecular complexity index is 1780.